The number of hydroxylamine groups is 2. The Morgan fingerprint density at radius 3 is 2.64 bits per heavy atom. The van der Waals surface area contributed by atoms with E-state index in [-0.39, 0.29) is 6.54 Å². The molecular formula is C17H16N2O3. The molecule has 0 bridgehead atoms. The third kappa shape index (κ3) is 4.42. The van der Waals surface area contributed by atoms with E-state index in [4.69, 9.17) is 0 Å². The van der Waals surface area contributed by atoms with Crippen LogP contribution in [0.15, 0.2) is 48.8 Å². The van der Waals surface area contributed by atoms with Crippen molar-refractivity contribution in [2.24, 2.45) is 0 Å². The molecule has 0 saturated heterocycles. The molecule has 5 nitrogen and oxygen atoms in total. The second kappa shape index (κ2) is 7.36. The monoisotopic (exact) mass is 296 g/mol. The lowest BCUT2D eigenvalue weighted by atomic mass is 10.1. The predicted octanol–water partition coefficient (Wildman–Crippen LogP) is 1.90. The molecule has 1 heterocycles. The number of aromatic nitrogens is 1. The zero-order valence-electron chi connectivity index (χ0n) is 12.1. The fourth-order valence-corrected chi connectivity index (χ4v) is 1.76. The maximum atomic E-state index is 11.0. The minimum atomic E-state index is -0.910. The number of benzene rings is 1. The van der Waals surface area contributed by atoms with Gasteiger partial charge >= 0.3 is 0 Å². The lowest BCUT2D eigenvalue weighted by Gasteiger charge is -2.13. The van der Waals surface area contributed by atoms with Crippen LogP contribution >= 0.6 is 0 Å². The van der Waals surface area contributed by atoms with Crippen LogP contribution in [0.4, 0.5) is 0 Å². The van der Waals surface area contributed by atoms with Gasteiger partial charge in [-0.15, -0.1) is 0 Å². The van der Waals surface area contributed by atoms with E-state index in [2.05, 4.69) is 16.8 Å². The lowest BCUT2D eigenvalue weighted by Crippen LogP contribution is -2.23. The van der Waals surface area contributed by atoms with Gasteiger partial charge in [-0.25, -0.2) is 5.06 Å². The van der Waals surface area contributed by atoms with Crippen molar-refractivity contribution in [3.8, 4) is 11.8 Å². The number of hydrogen-bond donors (Lipinski definition) is 2. The quantitative estimate of drug-likeness (QED) is 0.515. The Kier molecular flexibility index (Phi) is 5.26. The first-order chi connectivity index (χ1) is 10.6. The summed E-state index contributed by atoms with van der Waals surface area (Å²) < 4.78 is 0. The molecule has 22 heavy (non-hydrogen) atoms. The number of nitrogens with zero attached hydrogens (tertiary/aromatic N) is 2. The fourth-order valence-electron chi connectivity index (χ4n) is 1.76. The lowest BCUT2D eigenvalue weighted by molar-refractivity contribution is -0.165. The van der Waals surface area contributed by atoms with Crippen LogP contribution in [0.1, 0.15) is 29.7 Å². The summed E-state index contributed by atoms with van der Waals surface area (Å²) in [6.07, 6.45) is 2.37. The van der Waals surface area contributed by atoms with Crippen molar-refractivity contribution in [3.05, 3.63) is 65.5 Å². The van der Waals surface area contributed by atoms with Crippen LogP contribution in [0.5, 0.6) is 0 Å². The highest BCUT2D eigenvalue weighted by Gasteiger charge is 2.07. The van der Waals surface area contributed by atoms with E-state index in [1.54, 1.807) is 42.7 Å². The third-order valence-electron chi connectivity index (χ3n) is 3.01. The molecule has 112 valence electrons. The minimum Gasteiger partial charge on any atom is -0.376 e. The van der Waals surface area contributed by atoms with Crippen LogP contribution in [0.2, 0.25) is 0 Å². The Bertz CT molecular complexity index is 687. The normalized spacial score (nSPS) is 11.2. The standard InChI is InChI=1S/C17H16N2O3/c1-13(20)19(22)12-15-4-7-16(8-5-15)17(21)9-6-14-3-2-10-18-11-14/h2-5,7-8,10-11,17,21-22H,12H2,1H3. The van der Waals surface area contributed by atoms with E-state index < -0.39 is 12.0 Å². The highest BCUT2D eigenvalue weighted by Crippen LogP contribution is 2.14. The van der Waals surface area contributed by atoms with Gasteiger partial charge in [0.05, 0.1) is 6.54 Å². The molecule has 5 heteroatoms. The summed E-state index contributed by atoms with van der Waals surface area (Å²) in [7, 11) is 0. The van der Waals surface area contributed by atoms with Crippen molar-refractivity contribution < 1.29 is 15.1 Å². The van der Waals surface area contributed by atoms with Crippen LogP contribution in [-0.4, -0.2) is 26.3 Å². The summed E-state index contributed by atoms with van der Waals surface area (Å²) >= 11 is 0. The zero-order chi connectivity index (χ0) is 15.9. The second-order valence-corrected chi connectivity index (χ2v) is 4.73. The summed E-state index contributed by atoms with van der Waals surface area (Å²) in [4.78, 5) is 14.9. The van der Waals surface area contributed by atoms with Gasteiger partial charge in [0.25, 0.3) is 0 Å². The molecule has 1 aromatic heterocycles. The van der Waals surface area contributed by atoms with Gasteiger partial charge in [0.1, 0.15) is 6.10 Å². The third-order valence-corrected chi connectivity index (χ3v) is 3.01. The molecule has 1 aromatic carbocycles. The Balaban J connectivity index is 2.04. The van der Waals surface area contributed by atoms with E-state index in [1.807, 2.05) is 6.07 Å². The molecule has 0 saturated carbocycles. The van der Waals surface area contributed by atoms with Gasteiger partial charge in [-0.3, -0.25) is 15.0 Å². The first kappa shape index (κ1) is 15.7. The molecule has 0 fully saturated rings. The van der Waals surface area contributed by atoms with Gasteiger partial charge in [0.15, 0.2) is 0 Å². The molecule has 0 spiro atoms. The average Bonchev–Trinajstić information content (AvgIpc) is 2.54. The Morgan fingerprint density at radius 1 is 1.32 bits per heavy atom. The van der Waals surface area contributed by atoms with Crippen molar-refractivity contribution >= 4 is 5.91 Å². The average molecular weight is 296 g/mol. The number of amides is 1. The maximum Gasteiger partial charge on any atom is 0.243 e. The number of rotatable bonds is 3. The summed E-state index contributed by atoms with van der Waals surface area (Å²) in [6, 6.07) is 10.5. The second-order valence-electron chi connectivity index (χ2n) is 4.73. The first-order valence-corrected chi connectivity index (χ1v) is 6.71. The van der Waals surface area contributed by atoms with Gasteiger partial charge in [-0.2, -0.15) is 0 Å². The van der Waals surface area contributed by atoms with Crippen LogP contribution in [0.3, 0.4) is 0 Å². The molecule has 0 aliphatic heterocycles. The molecule has 2 aromatic rings. The molecular weight excluding hydrogens is 280 g/mol. The number of aliphatic hydroxyl groups is 1. The number of hydrogen-bond acceptors (Lipinski definition) is 4. The summed E-state index contributed by atoms with van der Waals surface area (Å²) in [5.41, 5.74) is 2.14. The summed E-state index contributed by atoms with van der Waals surface area (Å²) in [5.74, 6) is 5.17. The van der Waals surface area contributed by atoms with Crippen molar-refractivity contribution in [1.29, 1.82) is 0 Å². The van der Waals surface area contributed by atoms with Crippen molar-refractivity contribution in [1.82, 2.24) is 10.0 Å². The SMILES string of the molecule is CC(=O)N(O)Cc1ccc(C(O)C#Cc2cccnc2)cc1. The minimum absolute atomic E-state index is 0.104. The summed E-state index contributed by atoms with van der Waals surface area (Å²) in [5, 5.41) is 20.0. The van der Waals surface area contributed by atoms with Gasteiger partial charge in [0.2, 0.25) is 5.91 Å². The highest BCUT2D eigenvalue weighted by molar-refractivity contribution is 5.71. The van der Waals surface area contributed by atoms with Gasteiger partial charge < -0.3 is 5.11 Å². The molecule has 0 aliphatic rings. The molecule has 1 atom stereocenters. The van der Waals surface area contributed by atoms with E-state index in [9.17, 15) is 15.1 Å². The maximum absolute atomic E-state index is 11.0. The largest absolute Gasteiger partial charge is 0.376 e. The van der Waals surface area contributed by atoms with Gasteiger partial charge in [-0.1, -0.05) is 36.1 Å². The Hall–Kier alpha value is -2.68. The molecule has 1 unspecified atom stereocenters. The number of pyridine rings is 1. The van der Waals surface area contributed by atoms with Gasteiger partial charge in [-0.05, 0) is 23.3 Å². The number of aliphatic hydroxyl groups excluding tert-OH is 1. The smallest absolute Gasteiger partial charge is 0.243 e. The molecule has 2 rings (SSSR count). The van der Waals surface area contributed by atoms with Crippen LogP contribution < -0.4 is 0 Å². The molecule has 2 N–H and O–H groups in total. The topological polar surface area (TPSA) is 73.7 Å². The number of carbonyl (C=O) groups excluding carboxylic acids is 1. The Morgan fingerprint density at radius 2 is 2.05 bits per heavy atom. The van der Waals surface area contributed by atoms with E-state index in [0.29, 0.717) is 10.6 Å². The van der Waals surface area contributed by atoms with E-state index in [0.717, 1.165) is 11.1 Å². The van der Waals surface area contributed by atoms with Crippen LogP contribution in [0, 0.1) is 11.8 Å². The first-order valence-electron chi connectivity index (χ1n) is 6.71. The predicted molar refractivity (Wildman–Crippen MR) is 80.5 cm³/mol. The van der Waals surface area contributed by atoms with Crippen LogP contribution in [0.25, 0.3) is 0 Å². The van der Waals surface area contributed by atoms with Gasteiger partial charge in [0, 0.05) is 24.9 Å². The molecule has 0 aliphatic carbocycles. The fraction of sp³-hybridized carbons (Fsp3) is 0.176. The number of carbonyl (C=O) groups is 1. The van der Waals surface area contributed by atoms with Crippen molar-refractivity contribution in [3.63, 3.8) is 0 Å². The zero-order valence-corrected chi connectivity index (χ0v) is 12.1. The van der Waals surface area contributed by atoms with Crippen molar-refractivity contribution in [2.45, 2.75) is 19.6 Å². The van der Waals surface area contributed by atoms with E-state index in [1.165, 1.54) is 6.92 Å². The Labute approximate surface area is 128 Å². The molecule has 1 amide bonds. The highest BCUT2D eigenvalue weighted by atomic mass is 16.5. The van der Waals surface area contributed by atoms with Crippen molar-refractivity contribution in [2.75, 3.05) is 0 Å². The molecule has 0 radical (unpaired) electrons. The van der Waals surface area contributed by atoms with E-state index >= 15 is 0 Å². The summed E-state index contributed by atoms with van der Waals surface area (Å²) in [6.45, 7) is 1.39. The van der Waals surface area contributed by atoms with Crippen LogP contribution in [-0.2, 0) is 11.3 Å².